The smallest absolute Gasteiger partial charge is 0.254 e. The maximum Gasteiger partial charge on any atom is 0.254 e. The molecule has 120 valence electrons. The van der Waals surface area contributed by atoms with Crippen molar-refractivity contribution in [2.45, 2.75) is 31.3 Å². The van der Waals surface area contributed by atoms with E-state index in [0.29, 0.717) is 25.7 Å². The number of nitrogens with one attached hydrogen (secondary N) is 3. The standard InChI is InChI=1S/C13H25N5O2S/c1-11(2)14-9-12-8-13(10-15-12)21(19,20)16-18-6-4-17(3)5-7-18/h8,10-11,14-16H,4-7,9H2,1-3H3. The quantitative estimate of drug-likeness (QED) is 0.686. The lowest BCUT2D eigenvalue weighted by molar-refractivity contribution is 0.135. The molecule has 0 spiro atoms. The number of likely N-dealkylation sites (N-methyl/N-ethyl adjacent to an activating group) is 1. The highest BCUT2D eigenvalue weighted by Gasteiger charge is 2.22. The van der Waals surface area contributed by atoms with Gasteiger partial charge in [-0.1, -0.05) is 13.8 Å². The summed E-state index contributed by atoms with van der Waals surface area (Å²) in [7, 11) is -1.46. The summed E-state index contributed by atoms with van der Waals surface area (Å²) < 4.78 is 24.7. The van der Waals surface area contributed by atoms with E-state index in [4.69, 9.17) is 0 Å². The van der Waals surface area contributed by atoms with Crippen molar-refractivity contribution in [1.82, 2.24) is 25.0 Å². The second-order valence-corrected chi connectivity index (χ2v) is 7.44. The Bertz CT molecular complexity index is 547. The molecule has 1 saturated heterocycles. The van der Waals surface area contributed by atoms with Crippen molar-refractivity contribution in [1.29, 1.82) is 0 Å². The third-order valence-electron chi connectivity index (χ3n) is 3.48. The van der Waals surface area contributed by atoms with Crippen molar-refractivity contribution >= 4 is 10.0 Å². The minimum atomic E-state index is -3.50. The minimum absolute atomic E-state index is 0.280. The van der Waals surface area contributed by atoms with E-state index >= 15 is 0 Å². The fourth-order valence-electron chi connectivity index (χ4n) is 2.11. The van der Waals surface area contributed by atoms with Crippen LogP contribution in [-0.2, 0) is 16.6 Å². The molecular weight excluding hydrogens is 290 g/mol. The summed E-state index contributed by atoms with van der Waals surface area (Å²) in [5.41, 5.74) is 0.863. The van der Waals surface area contributed by atoms with E-state index in [1.54, 1.807) is 11.1 Å². The Labute approximate surface area is 126 Å². The Morgan fingerprint density at radius 2 is 1.95 bits per heavy atom. The van der Waals surface area contributed by atoms with Gasteiger partial charge in [0.1, 0.15) is 4.90 Å². The zero-order chi connectivity index (χ0) is 15.5. The molecule has 1 aromatic heterocycles. The number of H-pyrrole nitrogens is 1. The van der Waals surface area contributed by atoms with Gasteiger partial charge in [0, 0.05) is 50.7 Å². The molecule has 21 heavy (non-hydrogen) atoms. The zero-order valence-electron chi connectivity index (χ0n) is 12.9. The molecule has 2 rings (SSSR count). The summed E-state index contributed by atoms with van der Waals surface area (Å²) in [6, 6.07) is 2.03. The molecule has 0 aromatic carbocycles. The molecule has 1 aromatic rings. The molecule has 0 aliphatic carbocycles. The van der Waals surface area contributed by atoms with Crippen LogP contribution in [0.5, 0.6) is 0 Å². The molecule has 2 heterocycles. The largest absolute Gasteiger partial charge is 0.363 e. The monoisotopic (exact) mass is 315 g/mol. The summed E-state index contributed by atoms with van der Waals surface area (Å²) in [6.07, 6.45) is 1.54. The minimum Gasteiger partial charge on any atom is -0.363 e. The number of sulfonamides is 1. The summed E-state index contributed by atoms with van der Waals surface area (Å²) in [4.78, 5) is 8.11. The van der Waals surface area contributed by atoms with Crippen LogP contribution in [-0.4, -0.2) is 62.6 Å². The van der Waals surface area contributed by atoms with Gasteiger partial charge >= 0.3 is 0 Å². The average molecular weight is 315 g/mol. The number of hydrogen-bond acceptors (Lipinski definition) is 5. The zero-order valence-corrected chi connectivity index (χ0v) is 13.7. The van der Waals surface area contributed by atoms with E-state index in [9.17, 15) is 8.42 Å². The number of rotatable bonds is 6. The lowest BCUT2D eigenvalue weighted by atomic mass is 10.3. The van der Waals surface area contributed by atoms with E-state index in [1.807, 2.05) is 7.05 Å². The van der Waals surface area contributed by atoms with E-state index < -0.39 is 10.0 Å². The Morgan fingerprint density at radius 3 is 2.57 bits per heavy atom. The molecule has 1 aliphatic heterocycles. The highest BCUT2D eigenvalue weighted by atomic mass is 32.2. The summed E-state index contributed by atoms with van der Waals surface area (Å²) in [5.74, 6) is 0. The second kappa shape index (κ2) is 6.89. The molecule has 3 N–H and O–H groups in total. The van der Waals surface area contributed by atoms with Crippen LogP contribution in [0.4, 0.5) is 0 Å². The first kappa shape index (κ1) is 16.4. The molecule has 0 bridgehead atoms. The second-order valence-electron chi connectivity index (χ2n) is 5.78. The third-order valence-corrected chi connectivity index (χ3v) is 4.83. The van der Waals surface area contributed by atoms with Crippen LogP contribution >= 0.6 is 0 Å². The number of hydrogen-bond donors (Lipinski definition) is 3. The van der Waals surface area contributed by atoms with Crippen molar-refractivity contribution in [3.8, 4) is 0 Å². The van der Waals surface area contributed by atoms with Crippen molar-refractivity contribution in [2.24, 2.45) is 0 Å². The molecular formula is C13H25N5O2S. The van der Waals surface area contributed by atoms with Gasteiger partial charge in [-0.25, -0.2) is 13.4 Å². The predicted octanol–water partition coefficient (Wildman–Crippen LogP) is -0.0466. The first-order valence-electron chi connectivity index (χ1n) is 7.23. The van der Waals surface area contributed by atoms with E-state index in [2.05, 4.69) is 33.9 Å². The number of aromatic nitrogens is 1. The van der Waals surface area contributed by atoms with Crippen LogP contribution in [0.15, 0.2) is 17.2 Å². The van der Waals surface area contributed by atoms with Gasteiger partial charge in [0.15, 0.2) is 0 Å². The Hall–Kier alpha value is -0.930. The molecule has 1 aliphatic rings. The third kappa shape index (κ3) is 4.79. The summed E-state index contributed by atoms with van der Waals surface area (Å²) in [6.45, 7) is 7.84. The van der Waals surface area contributed by atoms with Crippen LogP contribution in [0.2, 0.25) is 0 Å². The molecule has 0 unspecified atom stereocenters. The Balaban J connectivity index is 1.96. The van der Waals surface area contributed by atoms with Gasteiger partial charge in [-0.05, 0) is 13.1 Å². The molecule has 0 saturated carbocycles. The Kier molecular flexibility index (Phi) is 5.39. The molecule has 0 atom stereocenters. The molecule has 1 fully saturated rings. The van der Waals surface area contributed by atoms with Crippen LogP contribution < -0.4 is 10.1 Å². The highest BCUT2D eigenvalue weighted by Crippen LogP contribution is 2.11. The maximum atomic E-state index is 12.3. The van der Waals surface area contributed by atoms with Crippen molar-refractivity contribution < 1.29 is 8.42 Å². The van der Waals surface area contributed by atoms with Crippen molar-refractivity contribution in [3.63, 3.8) is 0 Å². The average Bonchev–Trinajstić information content (AvgIpc) is 2.88. The van der Waals surface area contributed by atoms with Gasteiger partial charge in [0.2, 0.25) is 0 Å². The van der Waals surface area contributed by atoms with Crippen LogP contribution in [0.3, 0.4) is 0 Å². The van der Waals surface area contributed by atoms with Gasteiger partial charge in [-0.3, -0.25) is 0 Å². The Morgan fingerprint density at radius 1 is 1.29 bits per heavy atom. The summed E-state index contributed by atoms with van der Waals surface area (Å²) >= 11 is 0. The number of piperazine rings is 1. The van der Waals surface area contributed by atoms with Crippen LogP contribution in [0.1, 0.15) is 19.5 Å². The lowest BCUT2D eigenvalue weighted by Crippen LogP contribution is -2.52. The molecule has 8 heteroatoms. The predicted molar refractivity (Wildman–Crippen MR) is 82.2 cm³/mol. The summed E-state index contributed by atoms with van der Waals surface area (Å²) in [5, 5.41) is 5.01. The first-order chi connectivity index (χ1) is 9.87. The SMILES string of the molecule is CC(C)NCc1cc(S(=O)(=O)NN2CCN(C)CC2)c[nH]1. The van der Waals surface area contributed by atoms with E-state index in [1.165, 1.54) is 6.20 Å². The molecule has 0 radical (unpaired) electrons. The van der Waals surface area contributed by atoms with Crippen LogP contribution in [0.25, 0.3) is 0 Å². The van der Waals surface area contributed by atoms with Gasteiger partial charge in [-0.2, -0.15) is 0 Å². The van der Waals surface area contributed by atoms with Crippen molar-refractivity contribution in [2.75, 3.05) is 33.2 Å². The van der Waals surface area contributed by atoms with Gasteiger partial charge in [0.25, 0.3) is 10.0 Å². The van der Waals surface area contributed by atoms with Crippen molar-refractivity contribution in [3.05, 3.63) is 18.0 Å². The molecule has 7 nitrogen and oxygen atoms in total. The van der Waals surface area contributed by atoms with E-state index in [0.717, 1.165) is 18.8 Å². The first-order valence-corrected chi connectivity index (χ1v) is 8.72. The fraction of sp³-hybridized carbons (Fsp3) is 0.692. The topological polar surface area (TPSA) is 80.5 Å². The van der Waals surface area contributed by atoms with Gasteiger partial charge in [0.05, 0.1) is 0 Å². The number of aromatic amines is 1. The fourth-order valence-corrected chi connectivity index (χ4v) is 3.25. The molecule has 0 amide bonds. The van der Waals surface area contributed by atoms with Gasteiger partial charge in [-0.15, -0.1) is 4.83 Å². The van der Waals surface area contributed by atoms with Crippen LogP contribution in [0, 0.1) is 0 Å². The normalized spacial score (nSPS) is 18.5. The van der Waals surface area contributed by atoms with E-state index in [-0.39, 0.29) is 4.90 Å². The maximum absolute atomic E-state index is 12.3. The number of nitrogens with zero attached hydrogens (tertiary/aromatic N) is 2. The lowest BCUT2D eigenvalue weighted by Gasteiger charge is -2.31. The highest BCUT2D eigenvalue weighted by molar-refractivity contribution is 7.89. The van der Waals surface area contributed by atoms with Gasteiger partial charge < -0.3 is 15.2 Å². The number of hydrazine groups is 1.